The zero-order chi connectivity index (χ0) is 13.7. The van der Waals surface area contributed by atoms with Crippen molar-refractivity contribution in [2.45, 2.75) is 31.5 Å². The summed E-state index contributed by atoms with van der Waals surface area (Å²) in [5.74, 6) is -1.44. The van der Waals surface area contributed by atoms with Gasteiger partial charge in [0.2, 0.25) is 0 Å². The topological polar surface area (TPSA) is 41.5 Å². The van der Waals surface area contributed by atoms with E-state index >= 15 is 0 Å². The van der Waals surface area contributed by atoms with Gasteiger partial charge in [-0.25, -0.2) is 8.78 Å². The van der Waals surface area contributed by atoms with Crippen molar-refractivity contribution < 1.29 is 18.6 Å². The summed E-state index contributed by atoms with van der Waals surface area (Å²) >= 11 is 0. The van der Waals surface area contributed by atoms with E-state index in [0.717, 1.165) is 38.0 Å². The van der Waals surface area contributed by atoms with E-state index in [2.05, 4.69) is 5.32 Å². The van der Waals surface area contributed by atoms with E-state index in [1.54, 1.807) is 0 Å². The molecule has 19 heavy (non-hydrogen) atoms. The van der Waals surface area contributed by atoms with Crippen molar-refractivity contribution in [1.82, 2.24) is 5.32 Å². The predicted molar refractivity (Wildman–Crippen MR) is 67.8 cm³/mol. The molecule has 0 saturated carbocycles. The van der Waals surface area contributed by atoms with Gasteiger partial charge in [-0.05, 0) is 31.4 Å². The number of hydrogen-bond acceptors (Lipinski definition) is 3. The Balaban J connectivity index is 1.82. The Bertz CT molecular complexity index is 388. The zero-order valence-corrected chi connectivity index (χ0v) is 10.7. The van der Waals surface area contributed by atoms with Crippen LogP contribution in [0.2, 0.25) is 0 Å². The number of halogens is 2. The molecule has 1 aromatic carbocycles. The molecule has 0 aromatic heterocycles. The molecule has 1 aliphatic heterocycles. The fourth-order valence-corrected chi connectivity index (χ4v) is 2.28. The molecule has 2 atom stereocenters. The lowest BCUT2D eigenvalue weighted by Gasteiger charge is -2.23. The van der Waals surface area contributed by atoms with Gasteiger partial charge in [-0.2, -0.15) is 0 Å². The van der Waals surface area contributed by atoms with Crippen LogP contribution in [0.25, 0.3) is 0 Å². The van der Waals surface area contributed by atoms with E-state index in [1.807, 2.05) is 0 Å². The number of benzene rings is 1. The maximum Gasteiger partial charge on any atom is 0.131 e. The number of aliphatic hydroxyl groups excluding tert-OH is 1. The monoisotopic (exact) mass is 271 g/mol. The summed E-state index contributed by atoms with van der Waals surface area (Å²) < 4.78 is 32.4. The van der Waals surface area contributed by atoms with Crippen LogP contribution in [0.4, 0.5) is 8.78 Å². The van der Waals surface area contributed by atoms with Crippen molar-refractivity contribution in [2.75, 3.05) is 19.7 Å². The second-order valence-corrected chi connectivity index (χ2v) is 4.80. The largest absolute Gasteiger partial charge is 0.387 e. The van der Waals surface area contributed by atoms with Crippen LogP contribution >= 0.6 is 0 Å². The Hall–Kier alpha value is -1.04. The minimum atomic E-state index is -1.19. The van der Waals surface area contributed by atoms with Gasteiger partial charge in [-0.1, -0.05) is 6.07 Å². The molecular formula is C14H19F2NO2. The fourth-order valence-electron chi connectivity index (χ4n) is 2.28. The van der Waals surface area contributed by atoms with E-state index < -0.39 is 17.7 Å². The lowest BCUT2D eigenvalue weighted by molar-refractivity contribution is 0.0151. The van der Waals surface area contributed by atoms with Crippen LogP contribution in [-0.4, -0.2) is 30.9 Å². The first-order valence-electron chi connectivity index (χ1n) is 6.63. The third-order valence-electron chi connectivity index (χ3n) is 3.32. The highest BCUT2D eigenvalue weighted by Gasteiger charge is 2.18. The summed E-state index contributed by atoms with van der Waals surface area (Å²) in [5.41, 5.74) is -0.278. The molecule has 2 N–H and O–H groups in total. The molecule has 1 fully saturated rings. The van der Waals surface area contributed by atoms with Crippen LogP contribution in [0.5, 0.6) is 0 Å². The quantitative estimate of drug-likeness (QED) is 0.862. The van der Waals surface area contributed by atoms with Gasteiger partial charge < -0.3 is 15.2 Å². The van der Waals surface area contributed by atoms with Crippen molar-refractivity contribution in [3.05, 3.63) is 35.4 Å². The second-order valence-electron chi connectivity index (χ2n) is 4.80. The zero-order valence-electron chi connectivity index (χ0n) is 10.7. The van der Waals surface area contributed by atoms with Crippen LogP contribution < -0.4 is 5.32 Å². The number of nitrogens with one attached hydrogen (secondary N) is 1. The van der Waals surface area contributed by atoms with Crippen LogP contribution in [-0.2, 0) is 4.74 Å². The first-order chi connectivity index (χ1) is 9.18. The third-order valence-corrected chi connectivity index (χ3v) is 3.32. The number of rotatable bonds is 5. The average Bonchev–Trinajstić information content (AvgIpc) is 2.40. The molecule has 1 aliphatic rings. The van der Waals surface area contributed by atoms with Gasteiger partial charge in [0, 0.05) is 19.7 Å². The van der Waals surface area contributed by atoms with Crippen molar-refractivity contribution >= 4 is 0 Å². The molecule has 2 unspecified atom stereocenters. The van der Waals surface area contributed by atoms with E-state index in [0.29, 0.717) is 6.54 Å². The number of ether oxygens (including phenoxy) is 1. The van der Waals surface area contributed by atoms with E-state index in [4.69, 9.17) is 4.74 Å². The minimum absolute atomic E-state index is 0.109. The van der Waals surface area contributed by atoms with Crippen LogP contribution in [0.3, 0.4) is 0 Å². The van der Waals surface area contributed by atoms with E-state index in [9.17, 15) is 13.9 Å². The van der Waals surface area contributed by atoms with Crippen molar-refractivity contribution in [3.63, 3.8) is 0 Å². The van der Waals surface area contributed by atoms with E-state index in [-0.39, 0.29) is 18.2 Å². The summed E-state index contributed by atoms with van der Waals surface area (Å²) in [6.07, 6.45) is 2.14. The second kappa shape index (κ2) is 6.93. The minimum Gasteiger partial charge on any atom is -0.387 e. The van der Waals surface area contributed by atoms with E-state index in [1.165, 1.54) is 6.07 Å². The molecule has 0 spiro atoms. The van der Waals surface area contributed by atoms with Crippen LogP contribution in [0.1, 0.15) is 30.9 Å². The smallest absolute Gasteiger partial charge is 0.131 e. The normalized spacial score (nSPS) is 21.3. The van der Waals surface area contributed by atoms with Gasteiger partial charge in [0.05, 0.1) is 17.8 Å². The lowest BCUT2D eigenvalue weighted by atomic mass is 10.1. The Labute approximate surface area is 111 Å². The molecule has 0 amide bonds. The summed E-state index contributed by atoms with van der Waals surface area (Å²) in [6, 6.07) is 3.57. The van der Waals surface area contributed by atoms with Gasteiger partial charge >= 0.3 is 0 Å². The van der Waals surface area contributed by atoms with Gasteiger partial charge in [0.15, 0.2) is 0 Å². The maximum atomic E-state index is 13.4. The first-order valence-corrected chi connectivity index (χ1v) is 6.63. The predicted octanol–water partition coefficient (Wildman–Crippen LogP) is 2.16. The van der Waals surface area contributed by atoms with Crippen molar-refractivity contribution in [1.29, 1.82) is 0 Å². The molecule has 106 valence electrons. The molecule has 2 rings (SSSR count). The highest BCUT2D eigenvalue weighted by Crippen LogP contribution is 2.20. The Morgan fingerprint density at radius 3 is 2.68 bits per heavy atom. The highest BCUT2D eigenvalue weighted by molar-refractivity contribution is 5.22. The molecule has 0 aliphatic carbocycles. The fraction of sp³-hybridized carbons (Fsp3) is 0.571. The molecule has 1 saturated heterocycles. The molecule has 0 radical (unpaired) electrons. The number of aliphatic hydroxyl groups is 1. The van der Waals surface area contributed by atoms with Gasteiger partial charge in [-0.15, -0.1) is 0 Å². The van der Waals surface area contributed by atoms with Gasteiger partial charge in [0.25, 0.3) is 0 Å². The summed E-state index contributed by atoms with van der Waals surface area (Å²) in [4.78, 5) is 0. The number of hydrogen-bond donors (Lipinski definition) is 2. The highest BCUT2D eigenvalue weighted by atomic mass is 19.1. The molecule has 0 bridgehead atoms. The Morgan fingerprint density at radius 1 is 1.32 bits per heavy atom. The Morgan fingerprint density at radius 2 is 2.05 bits per heavy atom. The molecule has 3 nitrogen and oxygen atoms in total. The average molecular weight is 271 g/mol. The lowest BCUT2D eigenvalue weighted by Crippen LogP contribution is -2.34. The summed E-state index contributed by atoms with van der Waals surface area (Å²) in [6.45, 7) is 1.46. The van der Waals surface area contributed by atoms with Crippen molar-refractivity contribution in [3.8, 4) is 0 Å². The van der Waals surface area contributed by atoms with Gasteiger partial charge in [-0.3, -0.25) is 0 Å². The molecular weight excluding hydrogens is 252 g/mol. The first kappa shape index (κ1) is 14.4. The third kappa shape index (κ3) is 3.96. The van der Waals surface area contributed by atoms with Crippen LogP contribution in [0, 0.1) is 11.6 Å². The molecule has 5 heteroatoms. The summed E-state index contributed by atoms with van der Waals surface area (Å²) in [7, 11) is 0. The summed E-state index contributed by atoms with van der Waals surface area (Å²) in [5, 5.41) is 12.8. The van der Waals surface area contributed by atoms with Gasteiger partial charge in [0.1, 0.15) is 11.6 Å². The molecule has 1 heterocycles. The maximum absolute atomic E-state index is 13.4. The van der Waals surface area contributed by atoms with Crippen LogP contribution in [0.15, 0.2) is 18.2 Å². The Kier molecular flexibility index (Phi) is 5.24. The SMILES string of the molecule is OC(CNCC1CCCCO1)c1c(F)cccc1F. The standard InChI is InChI=1S/C14H19F2NO2/c15-11-5-3-6-12(16)14(11)13(18)9-17-8-10-4-1-2-7-19-10/h3,5-6,10,13,17-18H,1-2,4,7-9H2. The van der Waals surface area contributed by atoms with Crippen molar-refractivity contribution in [2.24, 2.45) is 0 Å². The molecule has 1 aromatic rings.